The highest BCUT2D eigenvalue weighted by Crippen LogP contribution is 2.34. The number of anilines is 1. The summed E-state index contributed by atoms with van der Waals surface area (Å²) in [4.78, 5) is 7.36. The lowest BCUT2D eigenvalue weighted by atomic mass is 10.1. The van der Waals surface area contributed by atoms with Crippen molar-refractivity contribution in [1.82, 2.24) is 19.6 Å². The number of hydrogen-bond acceptors (Lipinski definition) is 6. The second kappa shape index (κ2) is 7.24. The van der Waals surface area contributed by atoms with Crippen molar-refractivity contribution in [3.05, 3.63) is 42.5 Å². The predicted octanol–water partition coefficient (Wildman–Crippen LogP) is 3.95. The molecule has 0 amide bonds. The van der Waals surface area contributed by atoms with Crippen molar-refractivity contribution in [3.63, 3.8) is 0 Å². The molecule has 0 saturated carbocycles. The van der Waals surface area contributed by atoms with E-state index in [0.717, 1.165) is 47.0 Å². The smallest absolute Gasteiger partial charge is 0.213 e. The van der Waals surface area contributed by atoms with Crippen LogP contribution in [0.1, 0.15) is 19.3 Å². The van der Waals surface area contributed by atoms with E-state index in [1.54, 1.807) is 14.2 Å². The van der Waals surface area contributed by atoms with Gasteiger partial charge >= 0.3 is 0 Å². The maximum absolute atomic E-state index is 5.50. The number of benzene rings is 2. The summed E-state index contributed by atoms with van der Waals surface area (Å²) in [6, 6.07) is 13.9. The van der Waals surface area contributed by atoms with Crippen LogP contribution in [0.5, 0.6) is 11.5 Å². The van der Waals surface area contributed by atoms with Gasteiger partial charge in [0, 0.05) is 24.0 Å². The first-order valence-corrected chi connectivity index (χ1v) is 9.91. The number of hydrogen-bond donors (Lipinski definition) is 0. The van der Waals surface area contributed by atoms with Crippen LogP contribution in [0.2, 0.25) is 0 Å². The molecule has 1 saturated heterocycles. The van der Waals surface area contributed by atoms with E-state index in [1.165, 1.54) is 19.3 Å². The van der Waals surface area contributed by atoms with Crippen molar-refractivity contribution in [1.29, 1.82) is 0 Å². The van der Waals surface area contributed by atoms with Gasteiger partial charge in [-0.15, -0.1) is 10.2 Å². The summed E-state index contributed by atoms with van der Waals surface area (Å²) >= 11 is 0. The van der Waals surface area contributed by atoms with Gasteiger partial charge < -0.3 is 14.4 Å². The Kier molecular flexibility index (Phi) is 4.42. The van der Waals surface area contributed by atoms with Crippen molar-refractivity contribution >= 4 is 22.5 Å². The third-order valence-electron chi connectivity index (χ3n) is 5.51. The van der Waals surface area contributed by atoms with Gasteiger partial charge in [-0.2, -0.15) is 0 Å². The average molecular weight is 389 g/mol. The standard InChI is InChI=1S/C22H23N5O2/c1-28-18-11-10-15(14-19(18)29-2)20-24-25-21-16-8-4-5-9-17(16)23-22(27(20)21)26-12-6-3-7-13-26/h4-5,8-11,14H,3,6-7,12-13H2,1-2H3. The minimum absolute atomic E-state index is 0.662. The zero-order valence-corrected chi connectivity index (χ0v) is 16.6. The van der Waals surface area contributed by atoms with E-state index in [2.05, 4.69) is 19.5 Å². The fourth-order valence-corrected chi connectivity index (χ4v) is 4.03. The average Bonchev–Trinajstić information content (AvgIpc) is 3.24. The number of ether oxygens (including phenoxy) is 2. The highest BCUT2D eigenvalue weighted by atomic mass is 16.5. The quantitative estimate of drug-likeness (QED) is 0.527. The van der Waals surface area contributed by atoms with Crippen molar-refractivity contribution < 1.29 is 9.47 Å². The van der Waals surface area contributed by atoms with Gasteiger partial charge in [0.2, 0.25) is 5.95 Å². The van der Waals surface area contributed by atoms with Crippen molar-refractivity contribution in [2.75, 3.05) is 32.2 Å². The van der Waals surface area contributed by atoms with E-state index < -0.39 is 0 Å². The fraction of sp³-hybridized carbons (Fsp3) is 0.318. The molecule has 1 aliphatic heterocycles. The van der Waals surface area contributed by atoms with Gasteiger partial charge in [-0.25, -0.2) is 9.38 Å². The number of methoxy groups -OCH3 is 2. The Morgan fingerprint density at radius 1 is 0.862 bits per heavy atom. The Morgan fingerprint density at radius 3 is 2.45 bits per heavy atom. The minimum Gasteiger partial charge on any atom is -0.493 e. The summed E-state index contributed by atoms with van der Waals surface area (Å²) < 4.78 is 13.0. The summed E-state index contributed by atoms with van der Waals surface area (Å²) in [6.45, 7) is 1.98. The summed E-state index contributed by atoms with van der Waals surface area (Å²) in [7, 11) is 3.27. The lowest BCUT2D eigenvalue weighted by Gasteiger charge is -2.28. The van der Waals surface area contributed by atoms with Gasteiger partial charge in [0.1, 0.15) is 0 Å². The number of aromatic nitrogens is 4. The highest BCUT2D eigenvalue weighted by molar-refractivity contribution is 5.93. The number of rotatable bonds is 4. The molecule has 2 aromatic heterocycles. The molecule has 148 valence electrons. The largest absolute Gasteiger partial charge is 0.493 e. The van der Waals surface area contributed by atoms with E-state index >= 15 is 0 Å². The van der Waals surface area contributed by atoms with Crippen LogP contribution >= 0.6 is 0 Å². The second-order valence-electron chi connectivity index (χ2n) is 7.23. The molecular formula is C22H23N5O2. The van der Waals surface area contributed by atoms with Crippen LogP contribution in [0.3, 0.4) is 0 Å². The molecule has 4 aromatic rings. The molecule has 2 aromatic carbocycles. The van der Waals surface area contributed by atoms with Crippen LogP contribution in [0.15, 0.2) is 42.5 Å². The normalized spacial score (nSPS) is 14.5. The molecule has 1 aliphatic rings. The van der Waals surface area contributed by atoms with Crippen molar-refractivity contribution in [2.45, 2.75) is 19.3 Å². The first-order chi connectivity index (χ1) is 14.3. The fourth-order valence-electron chi connectivity index (χ4n) is 4.03. The van der Waals surface area contributed by atoms with E-state index in [9.17, 15) is 0 Å². The summed E-state index contributed by atoms with van der Waals surface area (Å²) in [6.07, 6.45) is 3.60. The second-order valence-corrected chi connectivity index (χ2v) is 7.23. The van der Waals surface area contributed by atoms with E-state index in [0.29, 0.717) is 11.5 Å². The molecule has 7 nitrogen and oxygen atoms in total. The topological polar surface area (TPSA) is 64.8 Å². The molecule has 0 bridgehead atoms. The lowest BCUT2D eigenvalue weighted by molar-refractivity contribution is 0.355. The highest BCUT2D eigenvalue weighted by Gasteiger charge is 2.22. The van der Waals surface area contributed by atoms with Gasteiger partial charge in [-0.1, -0.05) is 12.1 Å². The van der Waals surface area contributed by atoms with Crippen LogP contribution in [-0.4, -0.2) is 46.9 Å². The number of nitrogens with zero attached hydrogens (tertiary/aromatic N) is 5. The van der Waals surface area contributed by atoms with Crippen LogP contribution in [0.25, 0.3) is 27.9 Å². The van der Waals surface area contributed by atoms with E-state index in [4.69, 9.17) is 14.5 Å². The van der Waals surface area contributed by atoms with E-state index in [-0.39, 0.29) is 0 Å². The Balaban J connectivity index is 1.77. The maximum Gasteiger partial charge on any atom is 0.213 e. The molecular weight excluding hydrogens is 366 g/mol. The SMILES string of the molecule is COc1ccc(-c2nnc3c4ccccc4nc(N4CCCCC4)n23)cc1OC. The first-order valence-electron chi connectivity index (χ1n) is 9.91. The molecule has 0 spiro atoms. The first kappa shape index (κ1) is 17.7. The van der Waals surface area contributed by atoms with Gasteiger partial charge in [0.05, 0.1) is 19.7 Å². The maximum atomic E-state index is 5.50. The third kappa shape index (κ3) is 2.93. The number of fused-ring (bicyclic) bond motifs is 3. The van der Waals surface area contributed by atoms with Gasteiger partial charge in [0.25, 0.3) is 0 Å². The molecule has 29 heavy (non-hydrogen) atoms. The molecule has 3 heterocycles. The van der Waals surface area contributed by atoms with Crippen molar-refractivity contribution in [2.24, 2.45) is 0 Å². The molecule has 0 unspecified atom stereocenters. The zero-order chi connectivity index (χ0) is 19.8. The molecule has 0 atom stereocenters. The van der Waals surface area contributed by atoms with Gasteiger partial charge in [-0.05, 0) is 49.6 Å². The summed E-state index contributed by atoms with van der Waals surface area (Å²) in [5.74, 6) is 2.99. The monoisotopic (exact) mass is 389 g/mol. The molecule has 0 aliphatic carbocycles. The van der Waals surface area contributed by atoms with Crippen LogP contribution in [-0.2, 0) is 0 Å². The molecule has 5 rings (SSSR count). The van der Waals surface area contributed by atoms with E-state index in [1.807, 2.05) is 42.5 Å². The Labute approximate surface area is 168 Å². The summed E-state index contributed by atoms with van der Waals surface area (Å²) in [5, 5.41) is 10.1. The Morgan fingerprint density at radius 2 is 1.66 bits per heavy atom. The Hall–Kier alpha value is -3.35. The molecule has 1 fully saturated rings. The van der Waals surface area contributed by atoms with Crippen LogP contribution < -0.4 is 14.4 Å². The predicted molar refractivity (Wildman–Crippen MR) is 113 cm³/mol. The van der Waals surface area contributed by atoms with Gasteiger partial charge in [0.15, 0.2) is 23.0 Å². The Bertz CT molecular complexity index is 1180. The van der Waals surface area contributed by atoms with Crippen molar-refractivity contribution in [3.8, 4) is 22.9 Å². The van der Waals surface area contributed by atoms with Crippen LogP contribution in [0, 0.1) is 0 Å². The molecule has 0 N–H and O–H groups in total. The molecule has 7 heteroatoms. The lowest BCUT2D eigenvalue weighted by Crippen LogP contribution is -2.32. The number of piperidine rings is 1. The van der Waals surface area contributed by atoms with Crippen LogP contribution in [0.4, 0.5) is 5.95 Å². The zero-order valence-electron chi connectivity index (χ0n) is 16.6. The minimum atomic E-state index is 0.662. The summed E-state index contributed by atoms with van der Waals surface area (Å²) in [5.41, 5.74) is 2.67. The third-order valence-corrected chi connectivity index (χ3v) is 5.51. The molecule has 0 radical (unpaired) electrons. The number of para-hydroxylation sites is 1. The van der Waals surface area contributed by atoms with Gasteiger partial charge in [-0.3, -0.25) is 0 Å².